The minimum absolute atomic E-state index is 0.0756. The number of halogens is 1. The topological polar surface area (TPSA) is 126 Å². The molecule has 2 fully saturated rings. The van der Waals surface area contributed by atoms with E-state index in [4.69, 9.17) is 9.15 Å². The van der Waals surface area contributed by atoms with Crippen molar-refractivity contribution in [3.8, 4) is 11.5 Å². The van der Waals surface area contributed by atoms with E-state index < -0.39 is 35.9 Å². The second-order valence-electron chi connectivity index (χ2n) is 14.2. The molecule has 264 valence electrons. The van der Waals surface area contributed by atoms with Crippen LogP contribution < -0.4 is 0 Å². The van der Waals surface area contributed by atoms with Gasteiger partial charge in [0.1, 0.15) is 23.0 Å². The monoisotopic (exact) mass is 702 g/mol. The molecule has 2 aliphatic heterocycles. The molecule has 2 aliphatic rings. The Kier molecular flexibility index (Phi) is 10.5. The van der Waals surface area contributed by atoms with Crippen molar-refractivity contribution in [2.75, 3.05) is 13.1 Å². The highest BCUT2D eigenvalue weighted by Gasteiger charge is 2.44. The molecular weight excluding hydrogens is 660 g/mol. The Morgan fingerprint density at radius 3 is 2.56 bits per heavy atom. The number of likely N-dealkylation sites (tertiary alicyclic amines) is 2. The third-order valence-electron chi connectivity index (χ3n) is 9.20. The zero-order chi connectivity index (χ0) is 35.6. The molecule has 0 unspecified atom stereocenters. The Bertz CT molecular complexity index is 1810. The summed E-state index contributed by atoms with van der Waals surface area (Å²) >= 11 is 1.53. The van der Waals surface area contributed by atoms with Crippen LogP contribution in [0.15, 0.2) is 70.8 Å². The number of aliphatic hydroxyl groups is 1. The lowest BCUT2D eigenvalue weighted by molar-refractivity contribution is -0.00809. The van der Waals surface area contributed by atoms with E-state index in [1.165, 1.54) is 28.7 Å². The van der Waals surface area contributed by atoms with Crippen molar-refractivity contribution in [1.82, 2.24) is 19.8 Å². The molecule has 0 bridgehead atoms. The fraction of sp³-hybridized carbons (Fsp3) is 0.447. The largest absolute Gasteiger partial charge is 0.445 e. The van der Waals surface area contributed by atoms with Crippen LogP contribution >= 0.6 is 11.3 Å². The van der Waals surface area contributed by atoms with Crippen LogP contribution in [-0.4, -0.2) is 79.7 Å². The summed E-state index contributed by atoms with van der Waals surface area (Å²) in [5, 5.41) is 14.7. The van der Waals surface area contributed by atoms with Gasteiger partial charge in [-0.3, -0.25) is 14.5 Å². The van der Waals surface area contributed by atoms with Crippen molar-refractivity contribution in [2.24, 2.45) is 5.92 Å². The number of nitrogens with zero attached hydrogens (tertiary/aromatic N) is 4. The van der Waals surface area contributed by atoms with Gasteiger partial charge >= 0.3 is 6.09 Å². The molecule has 0 saturated carbocycles. The molecule has 0 spiro atoms. The number of benzene rings is 2. The van der Waals surface area contributed by atoms with Gasteiger partial charge in [-0.05, 0) is 76.6 Å². The summed E-state index contributed by atoms with van der Waals surface area (Å²) in [6, 6.07) is 13.3. The SMILES string of the molecule is Cc1csc([C@H]2CCCN2C(=O)c2cc(C(=O)C[C@@H](Cc3ccccc3)[C@H](O)[C@H]3C[C@H](F)CN3C(=O)OC(C)(C)C)cc(-c3ncco3)c2)n1. The minimum Gasteiger partial charge on any atom is -0.445 e. The summed E-state index contributed by atoms with van der Waals surface area (Å²) in [4.78, 5) is 53.5. The predicted molar refractivity (Wildman–Crippen MR) is 187 cm³/mol. The van der Waals surface area contributed by atoms with E-state index in [0.29, 0.717) is 24.1 Å². The molecule has 4 aromatic rings. The Labute approximate surface area is 295 Å². The zero-order valence-corrected chi connectivity index (χ0v) is 29.6. The van der Waals surface area contributed by atoms with Gasteiger partial charge in [-0.2, -0.15) is 0 Å². The smallest absolute Gasteiger partial charge is 0.410 e. The number of alkyl halides is 1. The maximum Gasteiger partial charge on any atom is 0.410 e. The summed E-state index contributed by atoms with van der Waals surface area (Å²) in [7, 11) is 0. The molecule has 4 heterocycles. The molecule has 2 saturated heterocycles. The number of Topliss-reactive ketones (excluding diaryl/α,β-unsaturated/α-hetero) is 1. The van der Waals surface area contributed by atoms with Gasteiger partial charge in [-0.25, -0.2) is 19.2 Å². The highest BCUT2D eigenvalue weighted by Crippen LogP contribution is 2.36. The number of rotatable bonds is 10. The standard InChI is InChI=1S/C38H43FN4O6S/c1-23-22-50-35(41-23)30-11-8-13-42(30)36(46)28-17-25(16-27(18-28)34-40-12-14-48-34)32(44)19-26(15-24-9-6-5-7-10-24)33(45)31-20-29(39)21-43(31)37(47)49-38(2,3)4/h5-7,9-10,12,14,16-18,22,26,29-31,33,45H,8,11,13,15,19-21H2,1-4H3/t26-,29+,30-,31-,33+/m1/s1. The van der Waals surface area contributed by atoms with E-state index in [1.807, 2.05) is 47.5 Å². The number of thiazole rings is 1. The predicted octanol–water partition coefficient (Wildman–Crippen LogP) is 7.22. The minimum atomic E-state index is -1.34. The van der Waals surface area contributed by atoms with Crippen molar-refractivity contribution in [1.29, 1.82) is 0 Å². The molecule has 2 aromatic heterocycles. The number of hydrogen-bond acceptors (Lipinski definition) is 9. The normalized spacial score (nSPS) is 20.6. The van der Waals surface area contributed by atoms with Crippen LogP contribution in [0.1, 0.15) is 89.5 Å². The van der Waals surface area contributed by atoms with Crippen molar-refractivity contribution in [2.45, 2.75) is 89.8 Å². The highest BCUT2D eigenvalue weighted by molar-refractivity contribution is 7.09. The maximum absolute atomic E-state index is 14.9. The first-order valence-electron chi connectivity index (χ1n) is 17.0. The van der Waals surface area contributed by atoms with Gasteiger partial charge in [-0.15, -0.1) is 11.3 Å². The number of aliphatic hydroxyl groups excluding tert-OH is 1. The van der Waals surface area contributed by atoms with E-state index in [9.17, 15) is 23.9 Å². The first kappa shape index (κ1) is 35.4. The first-order valence-corrected chi connectivity index (χ1v) is 17.9. The molecular formula is C38H43FN4O6S. The first-order chi connectivity index (χ1) is 23.9. The molecule has 2 amide bonds. The van der Waals surface area contributed by atoms with Gasteiger partial charge in [0, 0.05) is 47.2 Å². The average molecular weight is 703 g/mol. The Hall–Kier alpha value is -4.42. The number of carbonyl (C=O) groups is 3. The number of aryl methyl sites for hydroxylation is 1. The van der Waals surface area contributed by atoms with Gasteiger partial charge in [0.05, 0.1) is 30.9 Å². The van der Waals surface area contributed by atoms with Gasteiger partial charge < -0.3 is 19.2 Å². The van der Waals surface area contributed by atoms with Gasteiger partial charge in [0.15, 0.2) is 5.78 Å². The van der Waals surface area contributed by atoms with Crippen molar-refractivity contribution in [3.05, 3.63) is 93.8 Å². The van der Waals surface area contributed by atoms with Crippen molar-refractivity contribution in [3.63, 3.8) is 0 Å². The summed E-state index contributed by atoms with van der Waals surface area (Å²) in [6.07, 6.45) is 1.36. The molecule has 50 heavy (non-hydrogen) atoms. The molecule has 5 atom stereocenters. The highest BCUT2D eigenvalue weighted by atomic mass is 32.1. The van der Waals surface area contributed by atoms with Crippen LogP contribution in [0.5, 0.6) is 0 Å². The summed E-state index contributed by atoms with van der Waals surface area (Å²) in [6.45, 7) is 7.47. The molecule has 0 aliphatic carbocycles. The number of hydrogen-bond donors (Lipinski definition) is 1. The third kappa shape index (κ3) is 8.13. The second-order valence-corrected chi connectivity index (χ2v) is 15.1. The second kappa shape index (κ2) is 14.8. The molecule has 10 nitrogen and oxygen atoms in total. The maximum atomic E-state index is 14.9. The number of aromatic nitrogens is 2. The lowest BCUT2D eigenvalue weighted by Crippen LogP contribution is -2.48. The quantitative estimate of drug-likeness (QED) is 0.172. The number of ketones is 1. The van der Waals surface area contributed by atoms with Crippen molar-refractivity contribution >= 4 is 29.1 Å². The van der Waals surface area contributed by atoms with Crippen LogP contribution in [0.2, 0.25) is 0 Å². The summed E-state index contributed by atoms with van der Waals surface area (Å²) < 4.78 is 26.0. The Morgan fingerprint density at radius 1 is 1.12 bits per heavy atom. The van der Waals surface area contributed by atoms with E-state index in [1.54, 1.807) is 39.0 Å². The van der Waals surface area contributed by atoms with Crippen LogP contribution in [0.25, 0.3) is 11.5 Å². The molecule has 6 rings (SSSR count). The Balaban J connectivity index is 1.31. The number of oxazole rings is 1. The van der Waals surface area contributed by atoms with Gasteiger partial charge in [0.2, 0.25) is 5.89 Å². The fourth-order valence-electron chi connectivity index (χ4n) is 6.93. The number of carbonyl (C=O) groups excluding carboxylic acids is 3. The van der Waals surface area contributed by atoms with Crippen LogP contribution in [0, 0.1) is 12.8 Å². The van der Waals surface area contributed by atoms with Gasteiger partial charge in [0.25, 0.3) is 5.91 Å². The van der Waals surface area contributed by atoms with Crippen molar-refractivity contribution < 1.29 is 33.0 Å². The van der Waals surface area contributed by atoms with Crippen LogP contribution in [0.4, 0.5) is 9.18 Å². The average Bonchev–Trinajstić information content (AvgIpc) is 3.91. The van der Waals surface area contributed by atoms with Crippen LogP contribution in [-0.2, 0) is 11.2 Å². The van der Waals surface area contributed by atoms with Crippen LogP contribution in [0.3, 0.4) is 0 Å². The van der Waals surface area contributed by atoms with Gasteiger partial charge in [-0.1, -0.05) is 30.3 Å². The molecule has 2 aromatic carbocycles. The fourth-order valence-corrected chi connectivity index (χ4v) is 7.87. The molecule has 1 N–H and O–H groups in total. The van der Waals surface area contributed by atoms with E-state index in [0.717, 1.165) is 29.1 Å². The number of amides is 2. The zero-order valence-electron chi connectivity index (χ0n) is 28.8. The van der Waals surface area contributed by atoms with E-state index in [-0.39, 0.29) is 48.6 Å². The Morgan fingerprint density at radius 2 is 1.88 bits per heavy atom. The van der Waals surface area contributed by atoms with E-state index in [2.05, 4.69) is 9.97 Å². The lowest BCUT2D eigenvalue weighted by Gasteiger charge is -2.34. The summed E-state index contributed by atoms with van der Waals surface area (Å²) in [5.74, 6) is -0.974. The molecule has 12 heteroatoms. The molecule has 0 radical (unpaired) electrons. The lowest BCUT2D eigenvalue weighted by atomic mass is 9.83. The third-order valence-corrected chi connectivity index (χ3v) is 10.3. The van der Waals surface area contributed by atoms with E-state index >= 15 is 0 Å². The number of ether oxygens (including phenoxy) is 1. The summed E-state index contributed by atoms with van der Waals surface area (Å²) in [5.41, 5.74) is 2.02.